The lowest BCUT2D eigenvalue weighted by molar-refractivity contribution is 0.334. The van der Waals surface area contributed by atoms with Crippen molar-refractivity contribution in [3.8, 4) is 23.1 Å². The first kappa shape index (κ1) is 13.2. The molecule has 0 aliphatic rings. The highest BCUT2D eigenvalue weighted by Crippen LogP contribution is 2.38. The van der Waals surface area contributed by atoms with E-state index in [0.717, 1.165) is 10.9 Å². The molecule has 0 atom stereocenters. The molecule has 0 saturated carbocycles. The molecule has 21 heavy (non-hydrogen) atoms. The van der Waals surface area contributed by atoms with Crippen molar-refractivity contribution in [2.45, 2.75) is 0 Å². The summed E-state index contributed by atoms with van der Waals surface area (Å²) in [7, 11) is 3.18. The number of fused-ring (bicyclic) bond motifs is 1. The topological polar surface area (TPSA) is 40.6 Å². The highest BCUT2D eigenvalue weighted by Gasteiger charge is 2.12. The summed E-state index contributed by atoms with van der Waals surface area (Å²) in [6.45, 7) is 0. The van der Waals surface area contributed by atoms with Crippen LogP contribution in [0.15, 0.2) is 54.6 Å². The van der Waals surface area contributed by atoms with Gasteiger partial charge in [0, 0.05) is 11.5 Å². The minimum Gasteiger partial charge on any atom is -0.493 e. The second-order valence-electron chi connectivity index (χ2n) is 4.44. The van der Waals surface area contributed by atoms with Crippen molar-refractivity contribution in [2.75, 3.05) is 14.2 Å². The Morgan fingerprint density at radius 3 is 2.38 bits per heavy atom. The monoisotopic (exact) mass is 281 g/mol. The van der Waals surface area contributed by atoms with E-state index >= 15 is 0 Å². The van der Waals surface area contributed by atoms with Crippen LogP contribution < -0.4 is 14.2 Å². The first-order valence-electron chi connectivity index (χ1n) is 6.56. The van der Waals surface area contributed by atoms with Gasteiger partial charge in [-0.25, -0.2) is 4.98 Å². The second kappa shape index (κ2) is 5.71. The van der Waals surface area contributed by atoms with Crippen molar-refractivity contribution in [3.63, 3.8) is 0 Å². The van der Waals surface area contributed by atoms with Gasteiger partial charge in [0.05, 0.1) is 19.7 Å². The molecule has 0 N–H and O–H groups in total. The van der Waals surface area contributed by atoms with Crippen molar-refractivity contribution in [3.05, 3.63) is 54.6 Å². The van der Waals surface area contributed by atoms with Gasteiger partial charge in [-0.3, -0.25) is 0 Å². The van der Waals surface area contributed by atoms with Gasteiger partial charge in [0.1, 0.15) is 0 Å². The van der Waals surface area contributed by atoms with Crippen molar-refractivity contribution in [1.29, 1.82) is 0 Å². The van der Waals surface area contributed by atoms with Crippen LogP contribution in [0.25, 0.3) is 10.9 Å². The van der Waals surface area contributed by atoms with Crippen molar-refractivity contribution in [2.24, 2.45) is 0 Å². The molecule has 0 radical (unpaired) electrons. The number of pyridine rings is 1. The Hall–Kier alpha value is -2.75. The number of ether oxygens (including phenoxy) is 3. The van der Waals surface area contributed by atoms with E-state index in [1.807, 2.05) is 54.6 Å². The van der Waals surface area contributed by atoms with E-state index in [0.29, 0.717) is 23.1 Å². The maximum Gasteiger partial charge on any atom is 0.220 e. The standard InChI is InChI=1S/C17H15NO3/c1-19-14-8-5-9-15(17(14)20-2)21-16-11-10-12-6-3-4-7-13(12)18-16/h3-11H,1-2H3. The van der Waals surface area contributed by atoms with Crippen molar-refractivity contribution < 1.29 is 14.2 Å². The summed E-state index contributed by atoms with van der Waals surface area (Å²) in [6.07, 6.45) is 0. The molecule has 0 fully saturated rings. The van der Waals surface area contributed by atoms with Gasteiger partial charge in [-0.2, -0.15) is 0 Å². The summed E-state index contributed by atoms with van der Waals surface area (Å²) in [5.74, 6) is 2.26. The molecule has 0 aliphatic carbocycles. The minimum absolute atomic E-state index is 0.514. The molecule has 4 heteroatoms. The molecule has 0 saturated heterocycles. The third-order valence-corrected chi connectivity index (χ3v) is 3.15. The first-order valence-corrected chi connectivity index (χ1v) is 6.56. The number of hydrogen-bond donors (Lipinski definition) is 0. The summed E-state index contributed by atoms with van der Waals surface area (Å²) in [5.41, 5.74) is 0.886. The lowest BCUT2D eigenvalue weighted by Gasteiger charge is -2.12. The van der Waals surface area contributed by atoms with Gasteiger partial charge in [0.15, 0.2) is 11.5 Å². The minimum atomic E-state index is 0.514. The van der Waals surface area contributed by atoms with Crippen LogP contribution >= 0.6 is 0 Å². The van der Waals surface area contributed by atoms with E-state index in [-0.39, 0.29) is 0 Å². The summed E-state index contributed by atoms with van der Waals surface area (Å²) in [4.78, 5) is 4.48. The Bertz CT molecular complexity index is 771. The van der Waals surface area contributed by atoms with Gasteiger partial charge < -0.3 is 14.2 Å². The number of hydrogen-bond acceptors (Lipinski definition) is 4. The van der Waals surface area contributed by atoms with Gasteiger partial charge >= 0.3 is 0 Å². The van der Waals surface area contributed by atoms with Gasteiger partial charge in [-0.15, -0.1) is 0 Å². The van der Waals surface area contributed by atoms with Crippen molar-refractivity contribution >= 4 is 10.9 Å². The van der Waals surface area contributed by atoms with Crippen LogP contribution in [-0.2, 0) is 0 Å². The third-order valence-electron chi connectivity index (χ3n) is 3.15. The summed E-state index contributed by atoms with van der Waals surface area (Å²) in [5, 5.41) is 1.07. The number of para-hydroxylation sites is 2. The zero-order valence-electron chi connectivity index (χ0n) is 11.9. The Labute approximate surface area is 122 Å². The maximum atomic E-state index is 5.83. The van der Waals surface area contributed by atoms with E-state index in [9.17, 15) is 0 Å². The number of nitrogens with zero attached hydrogens (tertiary/aromatic N) is 1. The second-order valence-corrected chi connectivity index (χ2v) is 4.44. The SMILES string of the molecule is COc1cccc(Oc2ccc3ccccc3n2)c1OC. The fraction of sp³-hybridized carbons (Fsp3) is 0.118. The molecule has 1 heterocycles. The summed E-state index contributed by atoms with van der Waals surface area (Å²) >= 11 is 0. The Kier molecular flexibility index (Phi) is 3.60. The van der Waals surface area contributed by atoms with Gasteiger partial charge in [-0.1, -0.05) is 24.3 Å². The average Bonchev–Trinajstić information content (AvgIpc) is 2.54. The first-order chi connectivity index (χ1) is 10.3. The van der Waals surface area contributed by atoms with Crippen LogP contribution in [0.4, 0.5) is 0 Å². The average molecular weight is 281 g/mol. The third kappa shape index (κ3) is 2.60. The van der Waals surface area contributed by atoms with Crippen LogP contribution in [0, 0.1) is 0 Å². The molecule has 3 rings (SSSR count). The van der Waals surface area contributed by atoms with Crippen LogP contribution in [0.2, 0.25) is 0 Å². The number of aromatic nitrogens is 1. The lowest BCUT2D eigenvalue weighted by atomic mass is 10.2. The molecule has 0 unspecified atom stereocenters. The Balaban J connectivity index is 1.98. The van der Waals surface area contributed by atoms with Crippen molar-refractivity contribution in [1.82, 2.24) is 4.98 Å². The predicted molar refractivity (Wildman–Crippen MR) is 81.4 cm³/mol. The molecule has 106 valence electrons. The molecule has 2 aromatic carbocycles. The van der Waals surface area contributed by atoms with Gasteiger partial charge in [-0.05, 0) is 24.3 Å². The van der Waals surface area contributed by atoms with Crippen LogP contribution in [0.5, 0.6) is 23.1 Å². The fourth-order valence-electron chi connectivity index (χ4n) is 2.15. The number of rotatable bonds is 4. The Morgan fingerprint density at radius 1 is 0.762 bits per heavy atom. The molecule has 0 aliphatic heterocycles. The molecular formula is C17H15NO3. The molecule has 4 nitrogen and oxygen atoms in total. The number of benzene rings is 2. The summed E-state index contributed by atoms with van der Waals surface area (Å²) in [6, 6.07) is 17.2. The largest absolute Gasteiger partial charge is 0.493 e. The normalized spacial score (nSPS) is 10.4. The van der Waals surface area contributed by atoms with Crippen LogP contribution in [0.1, 0.15) is 0 Å². The smallest absolute Gasteiger partial charge is 0.220 e. The Morgan fingerprint density at radius 2 is 1.57 bits per heavy atom. The molecular weight excluding hydrogens is 266 g/mol. The zero-order valence-corrected chi connectivity index (χ0v) is 11.9. The van der Waals surface area contributed by atoms with Gasteiger partial charge in [0.2, 0.25) is 11.6 Å². The summed E-state index contributed by atoms with van der Waals surface area (Å²) < 4.78 is 16.4. The highest BCUT2D eigenvalue weighted by molar-refractivity contribution is 5.78. The molecule has 1 aromatic heterocycles. The van der Waals surface area contributed by atoms with E-state index in [1.165, 1.54) is 0 Å². The molecule has 3 aromatic rings. The molecule has 0 spiro atoms. The van der Waals surface area contributed by atoms with E-state index in [1.54, 1.807) is 14.2 Å². The predicted octanol–water partition coefficient (Wildman–Crippen LogP) is 4.04. The fourth-order valence-corrected chi connectivity index (χ4v) is 2.15. The van der Waals surface area contributed by atoms with Crippen LogP contribution in [0.3, 0.4) is 0 Å². The van der Waals surface area contributed by atoms with E-state index in [2.05, 4.69) is 4.98 Å². The molecule has 0 bridgehead atoms. The quantitative estimate of drug-likeness (QED) is 0.723. The van der Waals surface area contributed by atoms with E-state index < -0.39 is 0 Å². The number of methoxy groups -OCH3 is 2. The maximum absolute atomic E-state index is 5.83. The zero-order chi connectivity index (χ0) is 14.7. The van der Waals surface area contributed by atoms with Gasteiger partial charge in [0.25, 0.3) is 0 Å². The highest BCUT2D eigenvalue weighted by atomic mass is 16.5. The molecule has 0 amide bonds. The van der Waals surface area contributed by atoms with Crippen LogP contribution in [-0.4, -0.2) is 19.2 Å². The lowest BCUT2D eigenvalue weighted by Crippen LogP contribution is -1.95. The van der Waals surface area contributed by atoms with E-state index in [4.69, 9.17) is 14.2 Å².